The van der Waals surface area contributed by atoms with Crippen LogP contribution in [0.15, 0.2) is 36.5 Å². The monoisotopic (exact) mass is 310 g/mol. The van der Waals surface area contributed by atoms with E-state index in [9.17, 15) is 4.79 Å². The molecule has 2 aliphatic heterocycles. The molecule has 5 nitrogen and oxygen atoms in total. The van der Waals surface area contributed by atoms with E-state index in [1.54, 1.807) is 6.20 Å². The lowest BCUT2D eigenvalue weighted by Crippen LogP contribution is -2.33. The Morgan fingerprint density at radius 2 is 1.83 bits per heavy atom. The van der Waals surface area contributed by atoms with Gasteiger partial charge in [0.15, 0.2) is 0 Å². The third kappa shape index (κ3) is 2.83. The van der Waals surface area contributed by atoms with Crippen molar-refractivity contribution in [3.05, 3.63) is 42.1 Å². The Labute approximate surface area is 136 Å². The first kappa shape index (κ1) is 14.3. The minimum absolute atomic E-state index is 0.255. The molecule has 5 heteroatoms. The molecule has 2 saturated heterocycles. The molecule has 0 atom stereocenters. The molecule has 0 aliphatic carbocycles. The van der Waals surface area contributed by atoms with Gasteiger partial charge in [0.1, 0.15) is 5.82 Å². The molecule has 1 aromatic carbocycles. The summed E-state index contributed by atoms with van der Waals surface area (Å²) >= 11 is 0. The van der Waals surface area contributed by atoms with Crippen molar-refractivity contribution in [2.75, 3.05) is 29.4 Å². The zero-order valence-corrected chi connectivity index (χ0v) is 13.2. The maximum absolute atomic E-state index is 11.8. The van der Waals surface area contributed by atoms with Crippen LogP contribution in [0.4, 0.5) is 11.5 Å². The lowest BCUT2D eigenvalue weighted by Gasteiger charge is -2.32. The van der Waals surface area contributed by atoms with Crippen LogP contribution in [-0.2, 0) is 4.79 Å². The number of aromatic amines is 1. The van der Waals surface area contributed by atoms with Crippen LogP contribution in [0, 0.1) is 0 Å². The van der Waals surface area contributed by atoms with Gasteiger partial charge in [-0.25, -0.2) is 0 Å². The lowest BCUT2D eigenvalue weighted by molar-refractivity contribution is -0.117. The van der Waals surface area contributed by atoms with Crippen LogP contribution < -0.4 is 9.80 Å². The molecule has 2 aliphatic rings. The number of piperidine rings is 1. The zero-order valence-electron chi connectivity index (χ0n) is 13.2. The summed E-state index contributed by atoms with van der Waals surface area (Å²) in [6.07, 6.45) is 5.78. The van der Waals surface area contributed by atoms with Gasteiger partial charge in [-0.05, 0) is 42.9 Å². The van der Waals surface area contributed by atoms with Gasteiger partial charge >= 0.3 is 0 Å². The van der Waals surface area contributed by atoms with E-state index in [0.29, 0.717) is 12.3 Å². The fourth-order valence-corrected chi connectivity index (χ4v) is 3.73. The highest BCUT2D eigenvalue weighted by Crippen LogP contribution is 2.31. The predicted molar refractivity (Wildman–Crippen MR) is 90.8 cm³/mol. The molecule has 0 spiro atoms. The minimum atomic E-state index is 0.255. The summed E-state index contributed by atoms with van der Waals surface area (Å²) in [7, 11) is 0. The molecule has 4 rings (SSSR count). The summed E-state index contributed by atoms with van der Waals surface area (Å²) in [5, 5.41) is 7.07. The Kier molecular flexibility index (Phi) is 3.77. The second kappa shape index (κ2) is 6.07. The topological polar surface area (TPSA) is 52.2 Å². The molecule has 2 aromatic rings. The second-order valence-corrected chi connectivity index (χ2v) is 6.44. The first-order chi connectivity index (χ1) is 11.3. The number of rotatable bonds is 3. The fourth-order valence-electron chi connectivity index (χ4n) is 3.73. The molecule has 0 radical (unpaired) electrons. The van der Waals surface area contributed by atoms with Crippen LogP contribution in [-0.4, -0.2) is 35.7 Å². The number of aromatic nitrogens is 2. The number of hydrogen-bond acceptors (Lipinski definition) is 3. The van der Waals surface area contributed by atoms with E-state index in [2.05, 4.69) is 39.4 Å². The molecular weight excluding hydrogens is 288 g/mol. The molecule has 0 saturated carbocycles. The standard InChI is InChI=1S/C18H22N4O/c23-18-2-1-11-22(18)16-5-3-14(4-6-16)15-8-12-21(13-9-15)17-7-10-19-20-17/h3-7,10,15H,1-2,8-9,11-13H2,(H,19,20). The number of carbonyl (C=O) groups excluding carboxylic acids is 1. The number of carbonyl (C=O) groups is 1. The largest absolute Gasteiger partial charge is 0.357 e. The number of H-pyrrole nitrogens is 1. The van der Waals surface area contributed by atoms with Crippen molar-refractivity contribution < 1.29 is 4.79 Å². The van der Waals surface area contributed by atoms with Crippen molar-refractivity contribution in [1.29, 1.82) is 0 Å². The SMILES string of the molecule is O=C1CCCN1c1ccc(C2CCN(c3ccn[nH]3)CC2)cc1. The Morgan fingerprint density at radius 1 is 1.04 bits per heavy atom. The van der Waals surface area contributed by atoms with Crippen LogP contribution in [0.1, 0.15) is 37.2 Å². The normalized spacial score (nSPS) is 19.6. The maximum atomic E-state index is 11.8. The Bertz CT molecular complexity index is 657. The Balaban J connectivity index is 1.40. The quantitative estimate of drug-likeness (QED) is 0.948. The highest BCUT2D eigenvalue weighted by Gasteiger charge is 2.23. The molecule has 23 heavy (non-hydrogen) atoms. The van der Waals surface area contributed by atoms with E-state index in [1.165, 1.54) is 5.56 Å². The number of nitrogens with one attached hydrogen (secondary N) is 1. The molecule has 1 aromatic heterocycles. The van der Waals surface area contributed by atoms with Crippen molar-refractivity contribution in [2.24, 2.45) is 0 Å². The molecule has 0 bridgehead atoms. The average Bonchev–Trinajstić information content (AvgIpc) is 3.27. The fraction of sp³-hybridized carbons (Fsp3) is 0.444. The summed E-state index contributed by atoms with van der Waals surface area (Å²) in [6, 6.07) is 10.7. The predicted octanol–water partition coefficient (Wildman–Crippen LogP) is 2.92. The van der Waals surface area contributed by atoms with Gasteiger partial charge in [0.05, 0.1) is 6.20 Å². The average molecular weight is 310 g/mol. The zero-order chi connectivity index (χ0) is 15.6. The first-order valence-corrected chi connectivity index (χ1v) is 8.46. The third-order valence-corrected chi connectivity index (χ3v) is 5.07. The molecule has 1 amide bonds. The van der Waals surface area contributed by atoms with Crippen LogP contribution in [0.25, 0.3) is 0 Å². The van der Waals surface area contributed by atoms with E-state index in [1.807, 2.05) is 11.0 Å². The molecule has 1 N–H and O–H groups in total. The van der Waals surface area contributed by atoms with Crippen LogP contribution in [0.2, 0.25) is 0 Å². The van der Waals surface area contributed by atoms with Crippen molar-refractivity contribution in [3.63, 3.8) is 0 Å². The summed E-state index contributed by atoms with van der Waals surface area (Å²) in [4.78, 5) is 16.1. The minimum Gasteiger partial charge on any atom is -0.357 e. The van der Waals surface area contributed by atoms with Crippen molar-refractivity contribution in [2.45, 2.75) is 31.6 Å². The first-order valence-electron chi connectivity index (χ1n) is 8.46. The van der Waals surface area contributed by atoms with Gasteiger partial charge in [0.2, 0.25) is 5.91 Å². The number of benzene rings is 1. The van der Waals surface area contributed by atoms with E-state index >= 15 is 0 Å². The van der Waals surface area contributed by atoms with E-state index < -0.39 is 0 Å². The van der Waals surface area contributed by atoms with Gasteiger partial charge in [0, 0.05) is 37.8 Å². The summed E-state index contributed by atoms with van der Waals surface area (Å²) in [6.45, 7) is 2.97. The van der Waals surface area contributed by atoms with Gasteiger partial charge in [0.25, 0.3) is 0 Å². The van der Waals surface area contributed by atoms with E-state index in [-0.39, 0.29) is 5.91 Å². The third-order valence-electron chi connectivity index (χ3n) is 5.07. The molecular formula is C18H22N4O. The van der Waals surface area contributed by atoms with E-state index in [4.69, 9.17) is 0 Å². The number of hydrogen-bond donors (Lipinski definition) is 1. The Morgan fingerprint density at radius 3 is 2.43 bits per heavy atom. The summed E-state index contributed by atoms with van der Waals surface area (Å²) in [5.74, 6) is 1.98. The number of amides is 1. The van der Waals surface area contributed by atoms with Crippen LogP contribution in [0.3, 0.4) is 0 Å². The van der Waals surface area contributed by atoms with Crippen molar-refractivity contribution in [3.8, 4) is 0 Å². The van der Waals surface area contributed by atoms with Gasteiger partial charge < -0.3 is 9.80 Å². The molecule has 3 heterocycles. The van der Waals surface area contributed by atoms with Gasteiger partial charge in [-0.1, -0.05) is 12.1 Å². The smallest absolute Gasteiger partial charge is 0.227 e. The Hall–Kier alpha value is -2.30. The van der Waals surface area contributed by atoms with Gasteiger partial charge in [-0.2, -0.15) is 5.10 Å². The lowest BCUT2D eigenvalue weighted by atomic mass is 9.89. The summed E-state index contributed by atoms with van der Waals surface area (Å²) < 4.78 is 0. The number of anilines is 2. The highest BCUT2D eigenvalue weighted by atomic mass is 16.2. The number of nitrogens with zero attached hydrogens (tertiary/aromatic N) is 3. The maximum Gasteiger partial charge on any atom is 0.227 e. The second-order valence-electron chi connectivity index (χ2n) is 6.44. The molecule has 120 valence electrons. The summed E-state index contributed by atoms with van der Waals surface area (Å²) in [5.41, 5.74) is 2.44. The van der Waals surface area contributed by atoms with Gasteiger partial charge in [-0.15, -0.1) is 0 Å². The van der Waals surface area contributed by atoms with Crippen molar-refractivity contribution in [1.82, 2.24) is 10.2 Å². The van der Waals surface area contributed by atoms with Crippen LogP contribution >= 0.6 is 0 Å². The molecule has 2 fully saturated rings. The molecule has 0 unspecified atom stereocenters. The van der Waals surface area contributed by atoms with Crippen molar-refractivity contribution >= 4 is 17.4 Å². The van der Waals surface area contributed by atoms with E-state index in [0.717, 1.165) is 50.4 Å². The van der Waals surface area contributed by atoms with Gasteiger partial charge in [-0.3, -0.25) is 9.89 Å². The highest BCUT2D eigenvalue weighted by molar-refractivity contribution is 5.95. The van der Waals surface area contributed by atoms with Crippen LogP contribution in [0.5, 0.6) is 0 Å².